The van der Waals surface area contributed by atoms with Crippen molar-refractivity contribution < 1.29 is 5.11 Å². The fourth-order valence-corrected chi connectivity index (χ4v) is 3.09. The first-order valence-electron chi connectivity index (χ1n) is 7.51. The average molecular weight is 261 g/mol. The maximum absolute atomic E-state index is 10.6. The summed E-state index contributed by atoms with van der Waals surface area (Å²) in [6.45, 7) is 6.86. The predicted molar refractivity (Wildman–Crippen MR) is 80.5 cm³/mol. The Hall–Kier alpha value is -0.860. The summed E-state index contributed by atoms with van der Waals surface area (Å²) in [5.41, 5.74) is 2.31. The van der Waals surface area contributed by atoms with E-state index in [2.05, 4.69) is 43.4 Å². The van der Waals surface area contributed by atoms with Gasteiger partial charge < -0.3 is 10.4 Å². The summed E-state index contributed by atoms with van der Waals surface area (Å²) in [5.74, 6) is 0.508. The molecule has 106 valence electrons. The maximum atomic E-state index is 10.6. The van der Waals surface area contributed by atoms with Gasteiger partial charge in [-0.15, -0.1) is 0 Å². The third-order valence-corrected chi connectivity index (χ3v) is 4.07. The first-order valence-corrected chi connectivity index (χ1v) is 7.51. The van der Waals surface area contributed by atoms with Crippen molar-refractivity contribution in [2.45, 2.75) is 64.0 Å². The molecule has 0 bridgehead atoms. The summed E-state index contributed by atoms with van der Waals surface area (Å²) >= 11 is 0. The molecule has 19 heavy (non-hydrogen) atoms. The highest BCUT2D eigenvalue weighted by Gasteiger charge is 2.29. The van der Waals surface area contributed by atoms with Crippen molar-refractivity contribution >= 4 is 0 Å². The quantitative estimate of drug-likeness (QED) is 0.853. The molecule has 1 aliphatic rings. The Balaban J connectivity index is 2.03. The molecule has 2 heteroatoms. The van der Waals surface area contributed by atoms with Crippen LogP contribution in [0.4, 0.5) is 0 Å². The van der Waals surface area contributed by atoms with Gasteiger partial charge in [0.15, 0.2) is 0 Å². The lowest BCUT2D eigenvalue weighted by Gasteiger charge is -2.33. The first kappa shape index (κ1) is 14.5. The van der Waals surface area contributed by atoms with E-state index in [1.54, 1.807) is 0 Å². The second-order valence-corrected chi connectivity index (χ2v) is 6.52. The molecule has 0 fully saturated rings. The summed E-state index contributed by atoms with van der Waals surface area (Å²) in [6.07, 6.45) is 4.49. The van der Waals surface area contributed by atoms with Crippen molar-refractivity contribution in [2.75, 3.05) is 6.54 Å². The average Bonchev–Trinajstić information content (AvgIpc) is 2.37. The Morgan fingerprint density at radius 3 is 2.84 bits per heavy atom. The van der Waals surface area contributed by atoms with E-state index in [4.69, 9.17) is 0 Å². The monoisotopic (exact) mass is 261 g/mol. The van der Waals surface area contributed by atoms with Crippen molar-refractivity contribution in [1.82, 2.24) is 5.32 Å². The zero-order valence-corrected chi connectivity index (χ0v) is 12.4. The van der Waals surface area contributed by atoms with Gasteiger partial charge in [0.25, 0.3) is 0 Å². The first-order chi connectivity index (χ1) is 8.98. The summed E-state index contributed by atoms with van der Waals surface area (Å²) in [4.78, 5) is 0. The molecule has 0 radical (unpaired) electrons. The van der Waals surface area contributed by atoms with Gasteiger partial charge in [0.1, 0.15) is 0 Å². The smallest absolute Gasteiger partial charge is 0.0749 e. The molecule has 2 rings (SSSR count). The van der Waals surface area contributed by atoms with Crippen LogP contribution in [0.5, 0.6) is 0 Å². The van der Waals surface area contributed by atoms with E-state index in [-0.39, 0.29) is 0 Å². The number of benzene rings is 1. The number of rotatable bonds is 5. The lowest BCUT2D eigenvalue weighted by Crippen LogP contribution is -2.42. The van der Waals surface area contributed by atoms with Gasteiger partial charge in [0, 0.05) is 12.6 Å². The number of aryl methyl sites for hydroxylation is 1. The Morgan fingerprint density at radius 2 is 2.11 bits per heavy atom. The molecule has 2 atom stereocenters. The Kier molecular flexibility index (Phi) is 4.64. The van der Waals surface area contributed by atoms with Crippen molar-refractivity contribution in [3.05, 3.63) is 35.4 Å². The summed E-state index contributed by atoms with van der Waals surface area (Å²) in [5, 5.41) is 13.9. The van der Waals surface area contributed by atoms with Crippen LogP contribution in [0.15, 0.2) is 24.3 Å². The third-order valence-electron chi connectivity index (χ3n) is 4.07. The highest BCUT2D eigenvalue weighted by molar-refractivity contribution is 5.32. The summed E-state index contributed by atoms with van der Waals surface area (Å²) in [7, 11) is 0. The normalized spacial score (nSPS) is 22.1. The molecule has 0 spiro atoms. The topological polar surface area (TPSA) is 32.3 Å². The molecular weight excluding hydrogens is 234 g/mol. The van der Waals surface area contributed by atoms with Gasteiger partial charge in [-0.3, -0.25) is 0 Å². The van der Waals surface area contributed by atoms with Gasteiger partial charge >= 0.3 is 0 Å². The van der Waals surface area contributed by atoms with Gasteiger partial charge in [-0.05, 0) is 49.7 Å². The second-order valence-electron chi connectivity index (χ2n) is 6.52. The molecule has 0 aromatic heterocycles. The number of aliphatic hydroxyl groups is 1. The fraction of sp³-hybridized carbons (Fsp3) is 0.647. The third kappa shape index (κ3) is 4.05. The van der Waals surface area contributed by atoms with Crippen molar-refractivity contribution in [2.24, 2.45) is 0 Å². The highest BCUT2D eigenvalue weighted by Crippen LogP contribution is 2.36. The molecule has 0 aliphatic heterocycles. The minimum Gasteiger partial charge on any atom is -0.389 e. The van der Waals surface area contributed by atoms with Crippen molar-refractivity contribution in [3.63, 3.8) is 0 Å². The molecule has 2 unspecified atom stereocenters. The van der Waals surface area contributed by atoms with Crippen LogP contribution in [0.1, 0.15) is 57.1 Å². The largest absolute Gasteiger partial charge is 0.389 e. The van der Waals surface area contributed by atoms with Crippen LogP contribution in [0.2, 0.25) is 0 Å². The van der Waals surface area contributed by atoms with E-state index in [0.717, 1.165) is 6.42 Å². The molecule has 1 aromatic carbocycles. The molecule has 2 N–H and O–H groups in total. The van der Waals surface area contributed by atoms with Crippen LogP contribution >= 0.6 is 0 Å². The van der Waals surface area contributed by atoms with Crippen molar-refractivity contribution in [3.8, 4) is 0 Å². The summed E-state index contributed by atoms with van der Waals surface area (Å²) in [6, 6.07) is 9.15. The number of hydrogen-bond acceptors (Lipinski definition) is 2. The Bertz CT molecular complexity index is 411. The van der Waals surface area contributed by atoms with E-state index in [1.807, 2.05) is 6.92 Å². The Labute approximate surface area is 117 Å². The molecular formula is C17H27NO. The van der Waals surface area contributed by atoms with Crippen LogP contribution in [0, 0.1) is 0 Å². The van der Waals surface area contributed by atoms with E-state index in [9.17, 15) is 5.11 Å². The number of nitrogens with one attached hydrogen (secondary N) is 1. The standard InChI is InChI=1S/C17H27NO/c1-13(2)18-12-17(3,19)11-15-9-6-8-14-7-4-5-10-16(14)15/h4-5,7,10,13,15,18-19H,6,8-9,11-12H2,1-3H3. The van der Waals surface area contributed by atoms with E-state index in [1.165, 1.54) is 30.4 Å². The lowest BCUT2D eigenvalue weighted by molar-refractivity contribution is 0.0398. The lowest BCUT2D eigenvalue weighted by atomic mass is 9.77. The molecule has 0 saturated carbocycles. The predicted octanol–water partition coefficient (Wildman–Crippen LogP) is 3.25. The van der Waals surface area contributed by atoms with Crippen molar-refractivity contribution in [1.29, 1.82) is 0 Å². The highest BCUT2D eigenvalue weighted by atomic mass is 16.3. The van der Waals surface area contributed by atoms with Crippen LogP contribution in [0.25, 0.3) is 0 Å². The van der Waals surface area contributed by atoms with E-state index >= 15 is 0 Å². The zero-order chi connectivity index (χ0) is 13.9. The SMILES string of the molecule is CC(C)NCC(C)(O)CC1CCCc2ccccc21. The minimum atomic E-state index is -0.626. The van der Waals surface area contributed by atoms with Gasteiger partial charge in [0.2, 0.25) is 0 Å². The molecule has 2 nitrogen and oxygen atoms in total. The molecule has 0 amide bonds. The molecule has 0 saturated heterocycles. The maximum Gasteiger partial charge on any atom is 0.0749 e. The van der Waals surface area contributed by atoms with Gasteiger partial charge in [-0.25, -0.2) is 0 Å². The van der Waals surface area contributed by atoms with Gasteiger partial charge in [-0.1, -0.05) is 38.1 Å². The van der Waals surface area contributed by atoms with Crippen LogP contribution in [-0.4, -0.2) is 23.3 Å². The van der Waals surface area contributed by atoms with Gasteiger partial charge in [0.05, 0.1) is 5.60 Å². The second kappa shape index (κ2) is 6.06. The molecule has 0 heterocycles. The molecule has 1 aliphatic carbocycles. The number of hydrogen-bond donors (Lipinski definition) is 2. The number of fused-ring (bicyclic) bond motifs is 1. The summed E-state index contributed by atoms with van der Waals surface area (Å²) < 4.78 is 0. The van der Waals surface area contributed by atoms with Crippen LogP contribution in [0.3, 0.4) is 0 Å². The minimum absolute atomic E-state index is 0.421. The molecule has 1 aromatic rings. The van der Waals surface area contributed by atoms with E-state index < -0.39 is 5.60 Å². The van der Waals surface area contributed by atoms with Crippen LogP contribution in [-0.2, 0) is 6.42 Å². The van der Waals surface area contributed by atoms with E-state index in [0.29, 0.717) is 18.5 Å². The van der Waals surface area contributed by atoms with Gasteiger partial charge in [-0.2, -0.15) is 0 Å². The van der Waals surface area contributed by atoms with Crippen LogP contribution < -0.4 is 5.32 Å². The fourth-order valence-electron chi connectivity index (χ4n) is 3.09. The zero-order valence-electron chi connectivity index (χ0n) is 12.4. The Morgan fingerprint density at radius 1 is 1.37 bits per heavy atom.